The van der Waals surface area contributed by atoms with Crippen LogP contribution in [0.3, 0.4) is 0 Å². The molecule has 0 amide bonds. The van der Waals surface area contributed by atoms with Gasteiger partial charge in [-0.3, -0.25) is 0 Å². The number of benzene rings is 3. The summed E-state index contributed by atoms with van der Waals surface area (Å²) in [6.07, 6.45) is 0. The summed E-state index contributed by atoms with van der Waals surface area (Å²) in [6, 6.07) is 19.9. The van der Waals surface area contributed by atoms with E-state index in [1.54, 1.807) is 0 Å². The average Bonchev–Trinajstić information content (AvgIpc) is 3.10. The van der Waals surface area contributed by atoms with Crippen LogP contribution < -0.4 is 14.5 Å². The lowest BCUT2D eigenvalue weighted by atomic mass is 9.77. The van der Waals surface area contributed by atoms with Crippen molar-refractivity contribution < 1.29 is 14.3 Å². The van der Waals surface area contributed by atoms with Crippen LogP contribution in [0.5, 0.6) is 11.5 Å². The molecule has 0 bridgehead atoms. The second-order valence-electron chi connectivity index (χ2n) is 8.11. The van der Waals surface area contributed by atoms with Crippen molar-refractivity contribution in [3.63, 3.8) is 0 Å². The molecule has 0 fully saturated rings. The Morgan fingerprint density at radius 1 is 0.774 bits per heavy atom. The first-order chi connectivity index (χ1) is 15.0. The molecule has 2 heterocycles. The highest BCUT2D eigenvalue weighted by Crippen LogP contribution is 2.56. The van der Waals surface area contributed by atoms with E-state index in [0.717, 1.165) is 41.2 Å². The van der Waals surface area contributed by atoms with Gasteiger partial charge in [0.2, 0.25) is 0 Å². The van der Waals surface area contributed by atoms with E-state index in [-0.39, 0.29) is 5.97 Å². The van der Waals surface area contributed by atoms with Crippen molar-refractivity contribution >= 4 is 17.3 Å². The molecule has 0 aromatic heterocycles. The minimum absolute atomic E-state index is 0.307. The summed E-state index contributed by atoms with van der Waals surface area (Å²) < 4.78 is 12.7. The third-order valence-electron chi connectivity index (χ3n) is 6.51. The number of esters is 1. The zero-order valence-electron chi connectivity index (χ0n) is 18.3. The van der Waals surface area contributed by atoms with E-state index < -0.39 is 5.60 Å². The number of ether oxygens (including phenoxy) is 2. The predicted molar refractivity (Wildman–Crippen MR) is 123 cm³/mol. The van der Waals surface area contributed by atoms with Crippen LogP contribution in [0.4, 0.5) is 11.4 Å². The molecule has 5 heteroatoms. The maximum absolute atomic E-state index is 12.9. The number of carbonyl (C=O) groups excluding carboxylic acids is 1. The molecule has 3 aromatic carbocycles. The topological polar surface area (TPSA) is 42.0 Å². The van der Waals surface area contributed by atoms with Crippen LogP contribution in [0.1, 0.15) is 40.9 Å². The van der Waals surface area contributed by atoms with Crippen molar-refractivity contribution in [3.8, 4) is 11.5 Å². The molecule has 0 atom stereocenters. The molecular formula is C26H26N2O3. The summed E-state index contributed by atoms with van der Waals surface area (Å²) in [5.74, 6) is 1.12. The lowest BCUT2D eigenvalue weighted by Gasteiger charge is -2.37. The SMILES string of the molecule is CCN(C)c1ccc2c(c1)Oc1cc(N(C)CC)ccc1C21OC(=O)c2ccccc21. The van der Waals surface area contributed by atoms with Crippen molar-refractivity contribution in [2.75, 3.05) is 37.0 Å². The van der Waals surface area contributed by atoms with Crippen molar-refractivity contribution in [1.82, 2.24) is 0 Å². The number of fused-ring (bicyclic) bond motifs is 6. The quantitative estimate of drug-likeness (QED) is 0.551. The van der Waals surface area contributed by atoms with Gasteiger partial charge in [0, 0.05) is 67.4 Å². The minimum atomic E-state index is -1.01. The Hall–Kier alpha value is -3.47. The fourth-order valence-electron chi connectivity index (χ4n) is 4.49. The molecule has 3 aromatic rings. The highest BCUT2D eigenvalue weighted by atomic mass is 16.6. The molecule has 0 aliphatic carbocycles. The second-order valence-corrected chi connectivity index (χ2v) is 8.11. The van der Waals surface area contributed by atoms with Crippen LogP contribution in [-0.4, -0.2) is 33.2 Å². The van der Waals surface area contributed by atoms with Gasteiger partial charge in [0.1, 0.15) is 11.5 Å². The molecular weight excluding hydrogens is 388 g/mol. The summed E-state index contributed by atoms with van der Waals surface area (Å²) in [4.78, 5) is 17.2. The molecule has 0 N–H and O–H groups in total. The fraction of sp³-hybridized carbons (Fsp3) is 0.269. The van der Waals surface area contributed by atoms with Crippen LogP contribution in [0.15, 0.2) is 60.7 Å². The van der Waals surface area contributed by atoms with Crippen molar-refractivity contribution in [1.29, 1.82) is 0 Å². The zero-order chi connectivity index (χ0) is 21.8. The van der Waals surface area contributed by atoms with Gasteiger partial charge in [-0.25, -0.2) is 4.79 Å². The smallest absolute Gasteiger partial charge is 0.340 e. The fourth-order valence-corrected chi connectivity index (χ4v) is 4.49. The number of hydrogen-bond acceptors (Lipinski definition) is 5. The number of rotatable bonds is 4. The van der Waals surface area contributed by atoms with Crippen LogP contribution >= 0.6 is 0 Å². The Labute approximate surface area is 182 Å². The third-order valence-corrected chi connectivity index (χ3v) is 6.51. The van der Waals surface area contributed by atoms with Crippen molar-refractivity contribution in [3.05, 3.63) is 82.9 Å². The largest absolute Gasteiger partial charge is 0.456 e. The summed E-state index contributed by atoms with van der Waals surface area (Å²) in [6.45, 7) is 5.98. The van der Waals surface area contributed by atoms with Gasteiger partial charge < -0.3 is 19.3 Å². The molecule has 31 heavy (non-hydrogen) atoms. The molecule has 158 valence electrons. The van der Waals surface area contributed by atoms with Gasteiger partial charge in [0.05, 0.1) is 5.56 Å². The molecule has 5 nitrogen and oxygen atoms in total. The van der Waals surface area contributed by atoms with E-state index in [1.165, 1.54) is 0 Å². The van der Waals surface area contributed by atoms with Crippen LogP contribution in [-0.2, 0) is 10.3 Å². The van der Waals surface area contributed by atoms with E-state index in [0.29, 0.717) is 17.1 Å². The lowest BCUT2D eigenvalue weighted by molar-refractivity contribution is 0.0224. The minimum Gasteiger partial charge on any atom is -0.456 e. The van der Waals surface area contributed by atoms with Crippen LogP contribution in [0.2, 0.25) is 0 Å². The Morgan fingerprint density at radius 2 is 1.32 bits per heavy atom. The molecule has 0 saturated heterocycles. The number of carbonyl (C=O) groups is 1. The maximum Gasteiger partial charge on any atom is 0.340 e. The first kappa shape index (κ1) is 19.5. The molecule has 5 rings (SSSR count). The molecule has 2 aliphatic heterocycles. The Bertz CT molecular complexity index is 1130. The van der Waals surface area contributed by atoms with Gasteiger partial charge in [-0.15, -0.1) is 0 Å². The van der Waals surface area contributed by atoms with Gasteiger partial charge in [-0.05, 0) is 44.2 Å². The number of nitrogens with zero attached hydrogens (tertiary/aromatic N) is 2. The summed E-state index contributed by atoms with van der Waals surface area (Å²) >= 11 is 0. The lowest BCUT2D eigenvalue weighted by Crippen LogP contribution is -2.33. The summed E-state index contributed by atoms with van der Waals surface area (Å²) in [7, 11) is 4.10. The molecule has 2 aliphatic rings. The molecule has 0 saturated carbocycles. The summed E-state index contributed by atoms with van der Waals surface area (Å²) in [5.41, 5.74) is 4.26. The van der Waals surface area contributed by atoms with Gasteiger partial charge in [0.15, 0.2) is 5.60 Å². The molecule has 1 spiro atoms. The van der Waals surface area contributed by atoms with E-state index in [9.17, 15) is 4.79 Å². The van der Waals surface area contributed by atoms with E-state index in [1.807, 2.05) is 62.6 Å². The highest BCUT2D eigenvalue weighted by Gasteiger charge is 2.53. The van der Waals surface area contributed by atoms with Crippen molar-refractivity contribution in [2.24, 2.45) is 0 Å². The molecule has 0 unspecified atom stereocenters. The molecule has 0 radical (unpaired) electrons. The number of anilines is 2. The van der Waals surface area contributed by atoms with Gasteiger partial charge in [-0.1, -0.05) is 18.2 Å². The Balaban J connectivity index is 1.79. The second kappa shape index (κ2) is 7.05. The average molecular weight is 415 g/mol. The first-order valence-electron chi connectivity index (χ1n) is 10.7. The number of hydrogen-bond donors (Lipinski definition) is 0. The zero-order valence-corrected chi connectivity index (χ0v) is 18.3. The first-order valence-corrected chi connectivity index (χ1v) is 10.7. The monoisotopic (exact) mass is 414 g/mol. The van der Waals surface area contributed by atoms with Gasteiger partial charge in [-0.2, -0.15) is 0 Å². The van der Waals surface area contributed by atoms with E-state index in [4.69, 9.17) is 9.47 Å². The van der Waals surface area contributed by atoms with E-state index in [2.05, 4.69) is 35.8 Å². The maximum atomic E-state index is 12.9. The Kier molecular flexibility index (Phi) is 4.43. The van der Waals surface area contributed by atoms with E-state index >= 15 is 0 Å². The summed E-state index contributed by atoms with van der Waals surface area (Å²) in [5, 5.41) is 0. The van der Waals surface area contributed by atoms with Gasteiger partial charge in [0.25, 0.3) is 0 Å². The highest BCUT2D eigenvalue weighted by molar-refractivity contribution is 5.97. The predicted octanol–water partition coefficient (Wildman–Crippen LogP) is 5.17. The normalized spacial score (nSPS) is 14.9. The Morgan fingerprint density at radius 3 is 1.87 bits per heavy atom. The van der Waals surface area contributed by atoms with Gasteiger partial charge >= 0.3 is 5.97 Å². The van der Waals surface area contributed by atoms with Crippen molar-refractivity contribution in [2.45, 2.75) is 19.4 Å². The van der Waals surface area contributed by atoms with Crippen LogP contribution in [0, 0.1) is 0 Å². The third kappa shape index (κ3) is 2.73. The standard InChI is InChI=1S/C26H26N2O3/c1-5-27(3)17-11-13-21-23(15-17)30-24-16-18(28(4)6-2)12-14-22(24)26(21)20-10-8-7-9-19(20)25(29)31-26/h7-16H,5-6H2,1-4H3. The van der Waals surface area contributed by atoms with Crippen LogP contribution in [0.25, 0.3) is 0 Å².